The van der Waals surface area contributed by atoms with E-state index < -0.39 is 203 Å². The first-order valence-corrected chi connectivity index (χ1v) is 30.4. The molecule has 0 spiro atoms. The van der Waals surface area contributed by atoms with Crippen LogP contribution in [0.5, 0.6) is 0 Å². The molecule has 81 heavy (non-hydrogen) atoms. The molecule has 0 heterocycles. The highest BCUT2D eigenvalue weighted by Crippen LogP contribution is 2.39. The van der Waals surface area contributed by atoms with Crippen molar-refractivity contribution in [1.29, 1.82) is 0 Å². The molecule has 0 saturated heterocycles. The van der Waals surface area contributed by atoms with Crippen LogP contribution in [-0.4, -0.2) is 304 Å². The lowest BCUT2D eigenvalue weighted by Crippen LogP contribution is -2.46. The van der Waals surface area contributed by atoms with E-state index in [1.165, 1.54) is 0 Å². The standard InChI is InChI=1S/C45H64I6N6O24/c46-32-28(40(74)54(4-20(66)12-58)5-21(67)13-59)34(48)38(35(49)29(32)41(75)55(6-22(68)14-60)7-23(69)15-61)52-44(78)80-2-1-3-81-45(79)53-39-36(50)30(42(76)56(8-24(70)16-62)9-25(71)17-63)33(47)31(37(39)51)43(77)57(10-26(72)18-64)11-27(73)19-65/h20-27,58-73H,1-19H2,(H,52,78)(H,53,79). The predicted octanol–water partition coefficient (Wildman–Crippen LogP) is -3.90. The van der Waals surface area contributed by atoms with Gasteiger partial charge in [-0.2, -0.15) is 0 Å². The number of hydrogen-bond acceptors (Lipinski definition) is 24. The number of benzene rings is 2. The van der Waals surface area contributed by atoms with Crippen molar-refractivity contribution in [3.63, 3.8) is 0 Å². The maximum absolute atomic E-state index is 14.4. The second-order valence-electron chi connectivity index (χ2n) is 17.5. The topological polar surface area (TPSA) is 482 Å². The second-order valence-corrected chi connectivity index (χ2v) is 24.0. The number of anilines is 2. The van der Waals surface area contributed by atoms with Crippen molar-refractivity contribution >= 4 is 183 Å². The van der Waals surface area contributed by atoms with Crippen molar-refractivity contribution in [2.24, 2.45) is 0 Å². The molecule has 18 N–H and O–H groups in total. The Morgan fingerprint density at radius 1 is 0.333 bits per heavy atom. The molecule has 2 rings (SSSR count). The van der Waals surface area contributed by atoms with Gasteiger partial charge in [-0.1, -0.05) is 0 Å². The number of aliphatic hydroxyl groups is 16. The number of carbonyl (C=O) groups is 6. The van der Waals surface area contributed by atoms with Gasteiger partial charge in [0.25, 0.3) is 23.6 Å². The number of amides is 6. The number of nitrogens with one attached hydrogen (secondary N) is 2. The van der Waals surface area contributed by atoms with Gasteiger partial charge >= 0.3 is 12.2 Å². The molecule has 8 atom stereocenters. The van der Waals surface area contributed by atoms with Crippen LogP contribution in [0.3, 0.4) is 0 Å². The van der Waals surface area contributed by atoms with E-state index in [9.17, 15) is 110 Å². The Labute approximate surface area is 544 Å². The molecule has 460 valence electrons. The van der Waals surface area contributed by atoms with Crippen LogP contribution in [0.25, 0.3) is 0 Å². The van der Waals surface area contributed by atoms with Crippen LogP contribution in [0.4, 0.5) is 21.0 Å². The highest BCUT2D eigenvalue weighted by molar-refractivity contribution is 14.1. The molecule has 0 saturated carbocycles. The van der Waals surface area contributed by atoms with Crippen LogP contribution in [0.2, 0.25) is 0 Å². The molecule has 0 fully saturated rings. The first-order chi connectivity index (χ1) is 38.1. The van der Waals surface area contributed by atoms with Gasteiger partial charge < -0.3 is 111 Å². The van der Waals surface area contributed by atoms with Gasteiger partial charge in [0.15, 0.2) is 0 Å². The van der Waals surface area contributed by atoms with Crippen molar-refractivity contribution in [1.82, 2.24) is 19.6 Å². The average molecular weight is 1830 g/mol. The molecule has 0 aliphatic rings. The third kappa shape index (κ3) is 22.7. The van der Waals surface area contributed by atoms with Crippen LogP contribution in [0, 0.1) is 21.4 Å². The minimum absolute atomic E-state index is 0.0368. The maximum Gasteiger partial charge on any atom is 0.411 e. The monoisotopic (exact) mass is 1830 g/mol. The SMILES string of the molecule is O=C(Nc1c(I)c(C(=O)N(CC(O)CO)CC(O)CO)c(I)c(C(=O)N(CC(O)CO)CC(O)CO)c1I)OCCCOC(=O)Nc1c(I)c(C(=O)N(CC(O)CO)CC(O)CO)c(I)c(C(=O)N(CC(O)CO)CC(O)CO)c1I. The van der Waals surface area contributed by atoms with E-state index in [1.807, 2.05) is 0 Å². The van der Waals surface area contributed by atoms with E-state index in [0.29, 0.717) is 0 Å². The zero-order valence-corrected chi connectivity index (χ0v) is 55.5. The summed E-state index contributed by atoms with van der Waals surface area (Å²) in [4.78, 5) is 88.1. The third-order valence-electron chi connectivity index (χ3n) is 11.0. The fraction of sp³-hybridized carbons (Fsp3) is 0.600. The summed E-state index contributed by atoms with van der Waals surface area (Å²) in [6.07, 6.45) is -15.0. The molecule has 0 aliphatic carbocycles. The molecule has 0 aliphatic heterocycles. The Hall–Kier alpha value is -1.40. The summed E-state index contributed by atoms with van der Waals surface area (Å²) < 4.78 is 10.4. The molecule has 2 aromatic carbocycles. The second kappa shape index (κ2) is 38.0. The summed E-state index contributed by atoms with van der Waals surface area (Å²) in [6.45, 7) is -12.3. The molecule has 8 unspecified atom stereocenters. The molecule has 6 amide bonds. The number of hydrogen-bond donors (Lipinski definition) is 18. The van der Waals surface area contributed by atoms with Crippen LogP contribution >= 0.6 is 136 Å². The van der Waals surface area contributed by atoms with Crippen LogP contribution < -0.4 is 10.6 Å². The van der Waals surface area contributed by atoms with Gasteiger partial charge in [0.05, 0.1) is 163 Å². The number of halogens is 6. The predicted molar refractivity (Wildman–Crippen MR) is 332 cm³/mol. The minimum Gasteiger partial charge on any atom is -0.449 e. The van der Waals surface area contributed by atoms with Crippen molar-refractivity contribution in [3.05, 3.63) is 43.7 Å². The normalized spacial score (nSPS) is 14.4. The molecule has 36 heteroatoms. The van der Waals surface area contributed by atoms with Gasteiger partial charge in [0, 0.05) is 65.9 Å². The number of ether oxygens (including phenoxy) is 2. The average Bonchev–Trinajstić information content (AvgIpc) is 3.43. The van der Waals surface area contributed by atoms with Crippen molar-refractivity contribution in [2.75, 3.05) is 129 Å². The quantitative estimate of drug-likeness (QED) is 0.0235. The van der Waals surface area contributed by atoms with E-state index in [4.69, 9.17) is 9.47 Å². The van der Waals surface area contributed by atoms with E-state index in [-0.39, 0.29) is 61.5 Å². The summed E-state index contributed by atoms with van der Waals surface area (Å²) in [5.41, 5.74) is -1.66. The Balaban J connectivity index is 2.62. The van der Waals surface area contributed by atoms with E-state index >= 15 is 0 Å². The Kier molecular flexibility index (Phi) is 35.5. The summed E-state index contributed by atoms with van der Waals surface area (Å²) in [5.74, 6) is -3.91. The summed E-state index contributed by atoms with van der Waals surface area (Å²) in [5, 5.41) is 164. The van der Waals surface area contributed by atoms with Crippen LogP contribution in [0.1, 0.15) is 47.9 Å². The Morgan fingerprint density at radius 2 is 0.506 bits per heavy atom. The van der Waals surface area contributed by atoms with Gasteiger partial charge in [-0.3, -0.25) is 29.8 Å². The maximum atomic E-state index is 14.4. The van der Waals surface area contributed by atoms with Gasteiger partial charge in [-0.25, -0.2) is 9.59 Å². The van der Waals surface area contributed by atoms with Gasteiger partial charge in [-0.05, 0) is 136 Å². The summed E-state index contributed by atoms with van der Waals surface area (Å²) in [6, 6.07) is 0. The summed E-state index contributed by atoms with van der Waals surface area (Å²) in [7, 11) is 0. The van der Waals surface area contributed by atoms with Crippen LogP contribution in [0.15, 0.2) is 0 Å². The van der Waals surface area contributed by atoms with Crippen molar-refractivity contribution in [3.8, 4) is 0 Å². The molecule has 0 aromatic heterocycles. The van der Waals surface area contributed by atoms with Gasteiger partial charge in [0.1, 0.15) is 0 Å². The van der Waals surface area contributed by atoms with E-state index in [1.54, 1.807) is 136 Å². The number of carbonyl (C=O) groups excluding carboxylic acids is 6. The molecule has 30 nitrogen and oxygen atoms in total. The number of aliphatic hydroxyl groups excluding tert-OH is 16. The largest absolute Gasteiger partial charge is 0.449 e. The highest BCUT2D eigenvalue weighted by Gasteiger charge is 2.37. The van der Waals surface area contributed by atoms with Crippen molar-refractivity contribution in [2.45, 2.75) is 55.3 Å². The molecular formula is C45H64I6N6O24. The summed E-state index contributed by atoms with van der Waals surface area (Å²) >= 11 is 10.0. The molecule has 0 bridgehead atoms. The highest BCUT2D eigenvalue weighted by atomic mass is 127. The zero-order valence-electron chi connectivity index (χ0n) is 42.5. The lowest BCUT2D eigenvalue weighted by molar-refractivity contribution is 0.0203. The molecular weight excluding hydrogens is 1770 g/mol. The lowest BCUT2D eigenvalue weighted by atomic mass is 10.1. The third-order valence-corrected chi connectivity index (χ3v) is 17.5. The van der Waals surface area contributed by atoms with Crippen LogP contribution in [-0.2, 0) is 9.47 Å². The fourth-order valence-corrected chi connectivity index (χ4v) is 15.8. The minimum atomic E-state index is -1.55. The zero-order chi connectivity index (χ0) is 61.6. The van der Waals surface area contributed by atoms with Gasteiger partial charge in [-0.15, -0.1) is 0 Å². The lowest BCUT2D eigenvalue weighted by Gasteiger charge is -2.30. The Bertz CT molecular complexity index is 2100. The molecule has 0 radical (unpaired) electrons. The fourth-order valence-electron chi connectivity index (χ4n) is 7.05. The first kappa shape index (κ1) is 75.7. The van der Waals surface area contributed by atoms with E-state index in [0.717, 1.165) is 19.6 Å². The number of nitrogens with zero attached hydrogens (tertiary/aromatic N) is 4. The Morgan fingerprint density at radius 3 is 0.667 bits per heavy atom. The molecule has 2 aromatic rings. The van der Waals surface area contributed by atoms with E-state index in [2.05, 4.69) is 10.6 Å². The van der Waals surface area contributed by atoms with Gasteiger partial charge in [0.2, 0.25) is 0 Å². The smallest absolute Gasteiger partial charge is 0.411 e. The van der Waals surface area contributed by atoms with Crippen molar-refractivity contribution < 1.29 is 120 Å². The first-order valence-electron chi connectivity index (χ1n) is 23.9. The number of rotatable bonds is 34.